The Labute approximate surface area is 123 Å². The van der Waals surface area contributed by atoms with Gasteiger partial charge in [-0.3, -0.25) is 9.59 Å². The lowest BCUT2D eigenvalue weighted by atomic mass is 9.79. The number of halogens is 1. The van der Waals surface area contributed by atoms with Gasteiger partial charge in [0.15, 0.2) is 5.82 Å². The van der Waals surface area contributed by atoms with E-state index < -0.39 is 5.41 Å². The number of anilines is 1. The first-order valence-electron chi connectivity index (χ1n) is 7.12. The van der Waals surface area contributed by atoms with Crippen molar-refractivity contribution in [3.8, 4) is 0 Å². The van der Waals surface area contributed by atoms with Crippen LogP contribution in [0.1, 0.15) is 44.9 Å². The van der Waals surface area contributed by atoms with Crippen LogP contribution in [0.25, 0.3) is 0 Å². The maximum Gasteiger partial charge on any atom is 0.241 e. The van der Waals surface area contributed by atoms with Gasteiger partial charge in [0.25, 0.3) is 0 Å². The van der Waals surface area contributed by atoms with Gasteiger partial charge in [-0.1, -0.05) is 37.3 Å². The molecule has 1 saturated carbocycles. The van der Waals surface area contributed by atoms with Gasteiger partial charge in [0.2, 0.25) is 11.8 Å². The lowest BCUT2D eigenvalue weighted by molar-refractivity contribution is -0.126. The molecule has 5 heteroatoms. The van der Waals surface area contributed by atoms with Gasteiger partial charge < -0.3 is 0 Å². The van der Waals surface area contributed by atoms with Gasteiger partial charge in [-0.15, -0.1) is 0 Å². The fourth-order valence-electron chi connectivity index (χ4n) is 3.35. The molecule has 3 rings (SSSR count). The summed E-state index contributed by atoms with van der Waals surface area (Å²) in [5, 5.41) is 0.347. The molecule has 1 saturated heterocycles. The minimum Gasteiger partial charge on any atom is -0.274 e. The first kappa shape index (κ1) is 13.6. The van der Waals surface area contributed by atoms with E-state index in [4.69, 9.17) is 11.6 Å². The zero-order valence-electron chi connectivity index (χ0n) is 11.3. The number of carbonyl (C=O) groups is 2. The maximum atomic E-state index is 12.8. The zero-order valence-corrected chi connectivity index (χ0v) is 12.0. The van der Waals surface area contributed by atoms with Gasteiger partial charge in [-0.2, -0.15) is 0 Å². The summed E-state index contributed by atoms with van der Waals surface area (Å²) in [4.78, 5) is 30.5. The molecule has 2 fully saturated rings. The third-order valence-electron chi connectivity index (χ3n) is 4.41. The molecule has 1 spiro atoms. The average molecular weight is 293 g/mol. The summed E-state index contributed by atoms with van der Waals surface area (Å²) in [6.07, 6.45) is 7.79. The zero-order chi connectivity index (χ0) is 14.2. The number of aromatic nitrogens is 1. The SMILES string of the molecule is O=C1CC2(CCCCCC2)C(=O)N1c1ncccc1Cl. The highest BCUT2D eigenvalue weighted by Crippen LogP contribution is 2.46. The summed E-state index contributed by atoms with van der Waals surface area (Å²) in [7, 11) is 0. The molecule has 1 aromatic heterocycles. The Hall–Kier alpha value is -1.42. The third-order valence-corrected chi connectivity index (χ3v) is 4.70. The molecule has 2 aliphatic rings. The molecule has 2 heterocycles. The fraction of sp³-hybridized carbons (Fsp3) is 0.533. The Morgan fingerprint density at radius 3 is 2.50 bits per heavy atom. The Balaban J connectivity index is 1.96. The van der Waals surface area contributed by atoms with E-state index in [9.17, 15) is 9.59 Å². The van der Waals surface area contributed by atoms with E-state index in [1.54, 1.807) is 18.3 Å². The molecule has 1 aromatic rings. The highest BCUT2D eigenvalue weighted by Gasteiger charge is 2.52. The van der Waals surface area contributed by atoms with Gasteiger partial charge in [-0.05, 0) is 25.0 Å². The molecule has 1 aliphatic carbocycles. The number of nitrogens with zero attached hydrogens (tertiary/aromatic N) is 2. The van der Waals surface area contributed by atoms with Crippen LogP contribution in [0.3, 0.4) is 0 Å². The van der Waals surface area contributed by atoms with Crippen LogP contribution in [-0.2, 0) is 9.59 Å². The van der Waals surface area contributed by atoms with E-state index in [1.807, 2.05) is 0 Å². The predicted octanol–water partition coefficient (Wildman–Crippen LogP) is 3.34. The van der Waals surface area contributed by atoms with Crippen LogP contribution < -0.4 is 4.90 Å². The summed E-state index contributed by atoms with van der Waals surface area (Å²) < 4.78 is 0. The van der Waals surface area contributed by atoms with Crippen LogP contribution in [0.4, 0.5) is 5.82 Å². The number of hydrogen-bond donors (Lipinski definition) is 0. The van der Waals surface area contributed by atoms with Crippen molar-refractivity contribution >= 4 is 29.2 Å². The van der Waals surface area contributed by atoms with Crippen LogP contribution in [-0.4, -0.2) is 16.8 Å². The second kappa shape index (κ2) is 5.17. The molecule has 1 aliphatic heterocycles. The van der Waals surface area contributed by atoms with Crippen molar-refractivity contribution in [2.45, 2.75) is 44.9 Å². The first-order chi connectivity index (χ1) is 9.64. The van der Waals surface area contributed by atoms with E-state index in [0.717, 1.165) is 38.5 Å². The maximum absolute atomic E-state index is 12.8. The summed E-state index contributed by atoms with van der Waals surface area (Å²) >= 11 is 6.09. The van der Waals surface area contributed by atoms with Gasteiger partial charge >= 0.3 is 0 Å². The number of rotatable bonds is 1. The van der Waals surface area contributed by atoms with Crippen LogP contribution in [0.15, 0.2) is 18.3 Å². The van der Waals surface area contributed by atoms with Crippen LogP contribution in [0.5, 0.6) is 0 Å². The van der Waals surface area contributed by atoms with Crippen molar-refractivity contribution < 1.29 is 9.59 Å². The molecule has 20 heavy (non-hydrogen) atoms. The minimum absolute atomic E-state index is 0.106. The van der Waals surface area contributed by atoms with E-state index in [2.05, 4.69) is 4.98 Å². The smallest absolute Gasteiger partial charge is 0.241 e. The highest BCUT2D eigenvalue weighted by molar-refractivity contribution is 6.35. The van der Waals surface area contributed by atoms with Crippen molar-refractivity contribution in [1.29, 1.82) is 0 Å². The topological polar surface area (TPSA) is 50.3 Å². The van der Waals surface area contributed by atoms with Crippen LogP contribution in [0.2, 0.25) is 5.02 Å². The number of amides is 2. The molecule has 106 valence electrons. The Bertz CT molecular complexity index is 551. The van der Waals surface area contributed by atoms with Crippen molar-refractivity contribution in [3.05, 3.63) is 23.4 Å². The Morgan fingerprint density at radius 1 is 1.15 bits per heavy atom. The molecule has 0 radical (unpaired) electrons. The lowest BCUT2D eigenvalue weighted by Gasteiger charge is -2.24. The second-order valence-electron chi connectivity index (χ2n) is 5.71. The summed E-state index contributed by atoms with van der Waals surface area (Å²) in [5.74, 6) is 0.00721. The highest BCUT2D eigenvalue weighted by atomic mass is 35.5. The molecule has 2 amide bonds. The van der Waals surface area contributed by atoms with Crippen molar-refractivity contribution in [3.63, 3.8) is 0 Å². The average Bonchev–Trinajstić information content (AvgIpc) is 2.60. The van der Waals surface area contributed by atoms with Crippen molar-refractivity contribution in [1.82, 2.24) is 4.98 Å². The molecule has 4 nitrogen and oxygen atoms in total. The molecule has 0 atom stereocenters. The first-order valence-corrected chi connectivity index (χ1v) is 7.50. The summed E-state index contributed by atoms with van der Waals surface area (Å²) in [6.45, 7) is 0. The molecule has 0 N–H and O–H groups in total. The van der Waals surface area contributed by atoms with E-state index >= 15 is 0 Å². The van der Waals surface area contributed by atoms with Gasteiger partial charge in [-0.25, -0.2) is 9.88 Å². The number of hydrogen-bond acceptors (Lipinski definition) is 3. The fourth-order valence-corrected chi connectivity index (χ4v) is 3.55. The molecule has 0 aromatic carbocycles. The van der Waals surface area contributed by atoms with Crippen LogP contribution >= 0.6 is 11.6 Å². The second-order valence-corrected chi connectivity index (χ2v) is 6.12. The molecule has 0 unspecified atom stereocenters. The van der Waals surface area contributed by atoms with Crippen molar-refractivity contribution in [2.24, 2.45) is 5.41 Å². The molecular weight excluding hydrogens is 276 g/mol. The van der Waals surface area contributed by atoms with Gasteiger partial charge in [0.1, 0.15) is 0 Å². The standard InChI is InChI=1S/C15H17ClN2O2/c16-11-6-5-9-17-13(11)18-12(19)10-15(14(18)20)7-3-1-2-4-8-15/h5-6,9H,1-4,7-8,10H2. The number of pyridine rings is 1. The summed E-state index contributed by atoms with van der Waals surface area (Å²) in [5.41, 5.74) is -0.506. The largest absolute Gasteiger partial charge is 0.274 e. The van der Waals surface area contributed by atoms with E-state index in [1.165, 1.54) is 4.90 Å². The number of carbonyl (C=O) groups excluding carboxylic acids is 2. The van der Waals surface area contributed by atoms with E-state index in [-0.39, 0.29) is 17.6 Å². The predicted molar refractivity (Wildman–Crippen MR) is 76.5 cm³/mol. The Kier molecular flexibility index (Phi) is 3.50. The monoisotopic (exact) mass is 292 g/mol. The summed E-state index contributed by atoms with van der Waals surface area (Å²) in [6, 6.07) is 3.35. The Morgan fingerprint density at radius 2 is 1.85 bits per heavy atom. The quantitative estimate of drug-likeness (QED) is 0.746. The normalized spacial score (nSPS) is 22.4. The van der Waals surface area contributed by atoms with Gasteiger partial charge in [0, 0.05) is 12.6 Å². The number of imide groups is 1. The third kappa shape index (κ3) is 2.12. The molecule has 0 bridgehead atoms. The van der Waals surface area contributed by atoms with Crippen LogP contribution in [0, 0.1) is 5.41 Å². The minimum atomic E-state index is -0.506. The molecular formula is C15H17ClN2O2. The lowest BCUT2D eigenvalue weighted by Crippen LogP contribution is -2.36. The van der Waals surface area contributed by atoms with Gasteiger partial charge in [0.05, 0.1) is 10.4 Å². The van der Waals surface area contributed by atoms with E-state index in [0.29, 0.717) is 11.4 Å². The van der Waals surface area contributed by atoms with Crippen molar-refractivity contribution in [2.75, 3.05) is 4.90 Å².